The molecule has 0 unspecified atom stereocenters. The average molecular weight is 348 g/mol. The van der Waals surface area contributed by atoms with Crippen LogP contribution in [0.5, 0.6) is 0 Å². The first kappa shape index (κ1) is 17.8. The van der Waals surface area contributed by atoms with Gasteiger partial charge in [-0.2, -0.15) is 11.8 Å². The number of rotatable bonds is 4. The molecule has 2 heterocycles. The molecular weight excluding hydrogens is 318 g/mol. The van der Waals surface area contributed by atoms with E-state index in [1.54, 1.807) is 0 Å². The van der Waals surface area contributed by atoms with Crippen LogP contribution in [0.3, 0.4) is 0 Å². The molecule has 1 aromatic rings. The SMILES string of the molecule is C[C@](N)(Cc1ccccc1)C(=O)N1CCC(N2CCSCC2)CC1. The van der Waals surface area contributed by atoms with Gasteiger partial charge in [-0.1, -0.05) is 30.3 Å². The van der Waals surface area contributed by atoms with Gasteiger partial charge in [0, 0.05) is 43.7 Å². The Kier molecular flexibility index (Phi) is 5.85. The lowest BCUT2D eigenvalue weighted by atomic mass is 9.91. The van der Waals surface area contributed by atoms with Crippen LogP contribution in [0.4, 0.5) is 0 Å². The summed E-state index contributed by atoms with van der Waals surface area (Å²) in [6, 6.07) is 10.7. The molecule has 24 heavy (non-hydrogen) atoms. The van der Waals surface area contributed by atoms with Crippen LogP contribution in [0.15, 0.2) is 30.3 Å². The topological polar surface area (TPSA) is 49.6 Å². The van der Waals surface area contributed by atoms with Gasteiger partial charge in [0.05, 0.1) is 5.54 Å². The highest BCUT2D eigenvalue weighted by atomic mass is 32.2. The van der Waals surface area contributed by atoms with Gasteiger partial charge in [-0.25, -0.2) is 0 Å². The molecule has 0 aliphatic carbocycles. The van der Waals surface area contributed by atoms with Gasteiger partial charge in [0.2, 0.25) is 5.91 Å². The van der Waals surface area contributed by atoms with Crippen LogP contribution in [0.25, 0.3) is 0 Å². The number of hydrogen-bond donors (Lipinski definition) is 1. The molecule has 3 rings (SSSR count). The second-order valence-electron chi connectivity index (χ2n) is 7.25. The van der Waals surface area contributed by atoms with Crippen molar-refractivity contribution in [2.75, 3.05) is 37.7 Å². The highest BCUT2D eigenvalue weighted by molar-refractivity contribution is 7.99. The van der Waals surface area contributed by atoms with Crippen LogP contribution in [0.1, 0.15) is 25.3 Å². The van der Waals surface area contributed by atoms with Crippen molar-refractivity contribution in [1.82, 2.24) is 9.80 Å². The lowest BCUT2D eigenvalue weighted by molar-refractivity contribution is -0.138. The smallest absolute Gasteiger partial charge is 0.242 e. The number of carbonyl (C=O) groups excluding carboxylic acids is 1. The lowest BCUT2D eigenvalue weighted by Gasteiger charge is -2.41. The molecular formula is C19H29N3OS. The Morgan fingerprint density at radius 1 is 1.17 bits per heavy atom. The summed E-state index contributed by atoms with van der Waals surface area (Å²) < 4.78 is 0. The van der Waals surface area contributed by atoms with Gasteiger partial charge < -0.3 is 10.6 Å². The van der Waals surface area contributed by atoms with Crippen molar-refractivity contribution in [2.45, 2.75) is 37.8 Å². The molecule has 1 aromatic carbocycles. The van der Waals surface area contributed by atoms with E-state index in [2.05, 4.69) is 4.90 Å². The van der Waals surface area contributed by atoms with Crippen molar-refractivity contribution in [3.8, 4) is 0 Å². The quantitative estimate of drug-likeness (QED) is 0.905. The van der Waals surface area contributed by atoms with E-state index in [1.807, 2.05) is 53.9 Å². The molecule has 0 bridgehead atoms. The number of piperidine rings is 1. The number of benzene rings is 1. The minimum atomic E-state index is -0.823. The third-order valence-electron chi connectivity index (χ3n) is 5.22. The van der Waals surface area contributed by atoms with Crippen LogP contribution < -0.4 is 5.73 Å². The molecule has 2 fully saturated rings. The van der Waals surface area contributed by atoms with Gasteiger partial charge in [0.25, 0.3) is 0 Å². The summed E-state index contributed by atoms with van der Waals surface area (Å²) >= 11 is 2.05. The van der Waals surface area contributed by atoms with E-state index in [9.17, 15) is 4.79 Å². The third kappa shape index (κ3) is 4.32. The van der Waals surface area contributed by atoms with Crippen molar-refractivity contribution in [1.29, 1.82) is 0 Å². The van der Waals surface area contributed by atoms with Crippen molar-refractivity contribution in [3.63, 3.8) is 0 Å². The minimum absolute atomic E-state index is 0.0963. The minimum Gasteiger partial charge on any atom is -0.341 e. The molecule has 1 amide bonds. The molecule has 2 aliphatic heterocycles. The molecule has 2 saturated heterocycles. The van der Waals surface area contributed by atoms with E-state index >= 15 is 0 Å². The summed E-state index contributed by atoms with van der Waals surface area (Å²) in [5.74, 6) is 2.59. The van der Waals surface area contributed by atoms with Gasteiger partial charge in [-0.05, 0) is 31.7 Å². The number of nitrogens with zero attached hydrogens (tertiary/aromatic N) is 2. The highest BCUT2D eigenvalue weighted by Crippen LogP contribution is 2.23. The zero-order valence-electron chi connectivity index (χ0n) is 14.6. The number of amides is 1. The van der Waals surface area contributed by atoms with Gasteiger partial charge in [0.15, 0.2) is 0 Å². The first-order valence-corrected chi connectivity index (χ1v) is 10.2. The fourth-order valence-corrected chi connectivity index (χ4v) is 4.76. The standard InChI is InChI=1S/C19H29N3OS/c1-19(20,15-16-5-3-2-4-6-16)18(23)22-9-7-17(8-10-22)21-11-13-24-14-12-21/h2-6,17H,7-15,20H2,1H3/t19-/m0/s1. The van der Waals surface area contributed by atoms with Crippen LogP contribution in [0.2, 0.25) is 0 Å². The number of hydrogen-bond acceptors (Lipinski definition) is 4. The second kappa shape index (κ2) is 7.89. The maximum absolute atomic E-state index is 12.9. The molecule has 0 spiro atoms. The monoisotopic (exact) mass is 347 g/mol. The van der Waals surface area contributed by atoms with Crippen molar-refractivity contribution < 1.29 is 4.79 Å². The Balaban J connectivity index is 1.54. The van der Waals surface area contributed by atoms with Crippen LogP contribution in [-0.2, 0) is 11.2 Å². The highest BCUT2D eigenvalue weighted by Gasteiger charge is 2.35. The molecule has 2 aliphatic rings. The first-order valence-electron chi connectivity index (χ1n) is 9.00. The summed E-state index contributed by atoms with van der Waals surface area (Å²) in [4.78, 5) is 17.5. The molecule has 0 aromatic heterocycles. The van der Waals surface area contributed by atoms with E-state index in [1.165, 1.54) is 24.6 Å². The van der Waals surface area contributed by atoms with E-state index < -0.39 is 5.54 Å². The summed E-state index contributed by atoms with van der Waals surface area (Å²) in [6.07, 6.45) is 2.76. The zero-order valence-corrected chi connectivity index (χ0v) is 15.4. The molecule has 4 nitrogen and oxygen atoms in total. The molecule has 2 N–H and O–H groups in total. The average Bonchev–Trinajstić information content (AvgIpc) is 2.62. The fraction of sp³-hybridized carbons (Fsp3) is 0.632. The Hall–Kier alpha value is -1.04. The second-order valence-corrected chi connectivity index (χ2v) is 8.48. The maximum atomic E-state index is 12.9. The summed E-state index contributed by atoms with van der Waals surface area (Å²) in [7, 11) is 0. The normalized spacial score (nSPS) is 23.0. The third-order valence-corrected chi connectivity index (χ3v) is 6.16. The summed E-state index contributed by atoms with van der Waals surface area (Å²) in [5, 5.41) is 0. The van der Waals surface area contributed by atoms with Crippen molar-refractivity contribution in [2.24, 2.45) is 5.73 Å². The molecule has 0 radical (unpaired) electrons. The maximum Gasteiger partial charge on any atom is 0.242 e. The lowest BCUT2D eigenvalue weighted by Crippen LogP contribution is -2.58. The number of carbonyl (C=O) groups is 1. The van der Waals surface area contributed by atoms with Crippen molar-refractivity contribution in [3.05, 3.63) is 35.9 Å². The van der Waals surface area contributed by atoms with E-state index in [-0.39, 0.29) is 5.91 Å². The molecule has 1 atom stereocenters. The molecule has 0 saturated carbocycles. The predicted octanol–water partition coefficient (Wildman–Crippen LogP) is 1.99. The van der Waals surface area contributed by atoms with E-state index in [0.29, 0.717) is 12.5 Å². The molecule has 132 valence electrons. The fourth-order valence-electron chi connectivity index (χ4n) is 3.83. The zero-order chi connectivity index (χ0) is 17.0. The van der Waals surface area contributed by atoms with E-state index in [0.717, 1.165) is 31.5 Å². The van der Waals surface area contributed by atoms with Crippen LogP contribution in [0, 0.1) is 0 Å². The predicted molar refractivity (Wildman–Crippen MR) is 101 cm³/mol. The summed E-state index contributed by atoms with van der Waals surface area (Å²) in [5.41, 5.74) is 6.69. The van der Waals surface area contributed by atoms with Gasteiger partial charge in [0.1, 0.15) is 0 Å². The van der Waals surface area contributed by atoms with Crippen LogP contribution >= 0.6 is 11.8 Å². The number of thioether (sulfide) groups is 1. The van der Waals surface area contributed by atoms with Gasteiger partial charge in [-0.15, -0.1) is 0 Å². The van der Waals surface area contributed by atoms with E-state index in [4.69, 9.17) is 5.73 Å². The van der Waals surface area contributed by atoms with Gasteiger partial charge in [-0.3, -0.25) is 9.69 Å². The first-order chi connectivity index (χ1) is 11.6. The Morgan fingerprint density at radius 3 is 2.42 bits per heavy atom. The van der Waals surface area contributed by atoms with Gasteiger partial charge >= 0.3 is 0 Å². The number of nitrogens with two attached hydrogens (primary N) is 1. The Morgan fingerprint density at radius 2 is 1.79 bits per heavy atom. The summed E-state index contributed by atoms with van der Waals surface area (Å²) in [6.45, 7) is 5.96. The number of likely N-dealkylation sites (tertiary alicyclic amines) is 1. The molecule has 5 heteroatoms. The van der Waals surface area contributed by atoms with Crippen molar-refractivity contribution >= 4 is 17.7 Å². The van der Waals surface area contributed by atoms with Crippen LogP contribution in [-0.4, -0.2) is 65.0 Å². The largest absolute Gasteiger partial charge is 0.341 e. The Bertz CT molecular complexity index is 535. The Labute approximate surface area is 149 Å².